The van der Waals surface area contributed by atoms with Crippen LogP contribution in [0.4, 0.5) is 5.69 Å². The number of nitrogens with one attached hydrogen (secondary N) is 1. The van der Waals surface area contributed by atoms with Crippen molar-refractivity contribution in [2.45, 2.75) is 19.8 Å². The molecule has 1 aliphatic heterocycles. The third-order valence-corrected chi connectivity index (χ3v) is 4.65. The van der Waals surface area contributed by atoms with Gasteiger partial charge in [-0.2, -0.15) is 0 Å². The number of aliphatic hydroxyl groups is 1. The number of anilines is 1. The van der Waals surface area contributed by atoms with Crippen molar-refractivity contribution < 1.29 is 19.4 Å². The number of imidazole rings is 1. The molecule has 2 N–H and O–H groups in total. The van der Waals surface area contributed by atoms with Crippen LogP contribution >= 0.6 is 0 Å². The van der Waals surface area contributed by atoms with Gasteiger partial charge >= 0.3 is 5.97 Å². The maximum atomic E-state index is 12.6. The monoisotopic (exact) mass is 372 g/mol. The predicted molar refractivity (Wildman–Crippen MR) is 101 cm³/mol. The Morgan fingerprint density at radius 2 is 2.15 bits per heavy atom. The van der Waals surface area contributed by atoms with Crippen LogP contribution < -0.4 is 5.32 Å². The molecule has 0 radical (unpaired) electrons. The zero-order valence-electron chi connectivity index (χ0n) is 15.9. The van der Waals surface area contributed by atoms with Crippen molar-refractivity contribution in [1.29, 1.82) is 0 Å². The van der Waals surface area contributed by atoms with Gasteiger partial charge in [-0.15, -0.1) is 0 Å². The summed E-state index contributed by atoms with van der Waals surface area (Å²) in [4.78, 5) is 30.8. The molecule has 2 heterocycles. The van der Waals surface area contributed by atoms with Crippen LogP contribution in [0.15, 0.2) is 29.5 Å². The van der Waals surface area contributed by atoms with Gasteiger partial charge in [0.1, 0.15) is 11.5 Å². The number of hydrogen-bond acceptors (Lipinski definition) is 6. The Morgan fingerprint density at radius 3 is 2.78 bits per heavy atom. The average molecular weight is 372 g/mol. The van der Waals surface area contributed by atoms with E-state index in [9.17, 15) is 9.59 Å². The minimum Gasteiger partial charge on any atom is -0.466 e. The number of benzene rings is 1. The fourth-order valence-electron chi connectivity index (χ4n) is 3.31. The Bertz CT molecular complexity index is 929. The third-order valence-electron chi connectivity index (χ3n) is 4.65. The number of rotatable bonds is 6. The van der Waals surface area contributed by atoms with Gasteiger partial charge in [0.15, 0.2) is 0 Å². The molecule has 0 bridgehead atoms. The maximum absolute atomic E-state index is 12.6. The molecule has 2 aromatic rings. The zero-order chi connectivity index (χ0) is 19.7. The zero-order valence-corrected chi connectivity index (χ0v) is 15.9. The number of β-amino-alcohol motifs (C(OH)–C–C–N with tert-alkyl or cyclic N) is 1. The van der Waals surface area contributed by atoms with Gasteiger partial charge in [0.05, 0.1) is 36.9 Å². The van der Waals surface area contributed by atoms with E-state index < -0.39 is 5.97 Å². The van der Waals surface area contributed by atoms with E-state index in [0.717, 1.165) is 16.9 Å². The predicted octanol–water partition coefficient (Wildman–Crippen LogP) is 1.37. The molecule has 27 heavy (non-hydrogen) atoms. The highest BCUT2D eigenvalue weighted by molar-refractivity contribution is 6.08. The highest BCUT2D eigenvalue weighted by Crippen LogP contribution is 2.26. The number of hydrogen-bond donors (Lipinski definition) is 2. The molecule has 144 valence electrons. The van der Waals surface area contributed by atoms with Gasteiger partial charge in [-0.25, -0.2) is 9.78 Å². The minimum absolute atomic E-state index is 0.109. The van der Waals surface area contributed by atoms with Crippen molar-refractivity contribution >= 4 is 28.6 Å². The lowest BCUT2D eigenvalue weighted by atomic mass is 10.2. The summed E-state index contributed by atoms with van der Waals surface area (Å²) in [6.45, 7) is 4.26. The van der Waals surface area contributed by atoms with Crippen LogP contribution in [0.3, 0.4) is 0 Å². The number of aryl methyl sites for hydroxylation is 1. The lowest BCUT2D eigenvalue weighted by Gasteiger charge is -2.15. The fourth-order valence-corrected chi connectivity index (χ4v) is 3.31. The van der Waals surface area contributed by atoms with Crippen molar-refractivity contribution in [2.24, 2.45) is 7.05 Å². The Hall–Kier alpha value is -2.87. The fraction of sp³-hybridized carbons (Fsp3) is 0.421. The van der Waals surface area contributed by atoms with E-state index in [1.54, 1.807) is 0 Å². The minimum atomic E-state index is -0.563. The summed E-state index contributed by atoms with van der Waals surface area (Å²) in [5.74, 6) is 0.360. The van der Waals surface area contributed by atoms with Gasteiger partial charge in [0.2, 0.25) is 0 Å². The molecule has 0 saturated carbocycles. The van der Waals surface area contributed by atoms with Crippen molar-refractivity contribution in [3.05, 3.63) is 35.3 Å². The first-order valence-electron chi connectivity index (χ1n) is 8.82. The molecule has 3 rings (SSSR count). The standard InChI is InChI=1S/C19H24N4O4/c1-11(2)17-21-14-9-12(5-6-15(14)22(17)3)20-16-13(19(26)27-4)10-23(7-8-24)18(16)25/h5-6,9,11,20,24H,7-8,10H2,1-4H3. The van der Waals surface area contributed by atoms with Crippen molar-refractivity contribution in [3.8, 4) is 0 Å². The van der Waals surface area contributed by atoms with Crippen LogP contribution in [0.25, 0.3) is 11.0 Å². The molecule has 8 nitrogen and oxygen atoms in total. The quantitative estimate of drug-likeness (QED) is 0.744. The molecular weight excluding hydrogens is 348 g/mol. The number of carbonyl (C=O) groups is 2. The van der Waals surface area contributed by atoms with Gasteiger partial charge < -0.3 is 24.6 Å². The van der Waals surface area contributed by atoms with E-state index in [1.165, 1.54) is 12.0 Å². The maximum Gasteiger partial charge on any atom is 0.337 e. The molecule has 0 atom stereocenters. The Labute approximate surface area is 157 Å². The molecule has 1 aromatic carbocycles. The van der Waals surface area contributed by atoms with E-state index in [-0.39, 0.29) is 42.8 Å². The normalized spacial score (nSPS) is 14.6. The van der Waals surface area contributed by atoms with Gasteiger partial charge in [-0.1, -0.05) is 13.8 Å². The van der Waals surface area contributed by atoms with Crippen LogP contribution in [0.5, 0.6) is 0 Å². The Balaban J connectivity index is 1.96. The summed E-state index contributed by atoms with van der Waals surface area (Å²) in [5.41, 5.74) is 2.89. The third kappa shape index (κ3) is 3.40. The van der Waals surface area contributed by atoms with Crippen LogP contribution in [0, 0.1) is 0 Å². The number of fused-ring (bicyclic) bond motifs is 1. The summed E-state index contributed by atoms with van der Waals surface area (Å²) >= 11 is 0. The molecule has 1 aromatic heterocycles. The number of aliphatic hydroxyl groups excluding tert-OH is 1. The van der Waals surface area contributed by atoms with Gasteiger partial charge in [0.25, 0.3) is 5.91 Å². The second-order valence-corrected chi connectivity index (χ2v) is 6.81. The molecule has 0 aliphatic carbocycles. The van der Waals surface area contributed by atoms with Crippen LogP contribution in [0.1, 0.15) is 25.6 Å². The first kappa shape index (κ1) is 18.9. The summed E-state index contributed by atoms with van der Waals surface area (Å²) in [5, 5.41) is 12.2. The first-order valence-corrected chi connectivity index (χ1v) is 8.82. The molecule has 1 aliphatic rings. The first-order chi connectivity index (χ1) is 12.9. The average Bonchev–Trinajstić information content (AvgIpc) is 3.13. The molecule has 1 amide bonds. The number of esters is 1. The number of nitrogens with zero attached hydrogens (tertiary/aromatic N) is 3. The SMILES string of the molecule is COC(=O)C1=C(Nc2ccc3c(c2)nc(C(C)C)n3C)C(=O)N(CCO)C1. The summed E-state index contributed by atoms with van der Waals surface area (Å²) in [6, 6.07) is 5.63. The number of aromatic nitrogens is 2. The van der Waals surface area contributed by atoms with Gasteiger partial charge in [-0.05, 0) is 18.2 Å². The van der Waals surface area contributed by atoms with E-state index in [2.05, 4.69) is 24.1 Å². The number of carbonyl (C=O) groups excluding carboxylic acids is 2. The van der Waals surface area contributed by atoms with Crippen molar-refractivity contribution in [3.63, 3.8) is 0 Å². The summed E-state index contributed by atoms with van der Waals surface area (Å²) in [7, 11) is 3.25. The second kappa shape index (κ2) is 7.40. The molecule has 8 heteroatoms. The number of methoxy groups -OCH3 is 1. The Kier molecular flexibility index (Phi) is 5.18. The topological polar surface area (TPSA) is 96.7 Å². The molecule has 0 unspecified atom stereocenters. The number of amides is 1. The smallest absolute Gasteiger partial charge is 0.337 e. The van der Waals surface area contributed by atoms with E-state index in [0.29, 0.717) is 5.69 Å². The molecule has 0 spiro atoms. The highest BCUT2D eigenvalue weighted by atomic mass is 16.5. The molecule has 0 saturated heterocycles. The summed E-state index contributed by atoms with van der Waals surface area (Å²) < 4.78 is 6.85. The van der Waals surface area contributed by atoms with Crippen LogP contribution in [-0.2, 0) is 21.4 Å². The summed E-state index contributed by atoms with van der Waals surface area (Å²) in [6.07, 6.45) is 0. The number of ether oxygens (including phenoxy) is 1. The Morgan fingerprint density at radius 1 is 1.41 bits per heavy atom. The molecular formula is C19H24N4O4. The van der Waals surface area contributed by atoms with Gasteiger partial charge in [0, 0.05) is 25.2 Å². The molecule has 0 fully saturated rings. The lowest BCUT2D eigenvalue weighted by molar-refractivity contribution is -0.136. The van der Waals surface area contributed by atoms with Crippen molar-refractivity contribution in [2.75, 3.05) is 32.1 Å². The lowest BCUT2D eigenvalue weighted by Crippen LogP contribution is -2.31. The van der Waals surface area contributed by atoms with Crippen LogP contribution in [0.2, 0.25) is 0 Å². The second-order valence-electron chi connectivity index (χ2n) is 6.81. The van der Waals surface area contributed by atoms with E-state index in [1.807, 2.05) is 29.8 Å². The largest absolute Gasteiger partial charge is 0.466 e. The van der Waals surface area contributed by atoms with Gasteiger partial charge in [-0.3, -0.25) is 4.79 Å². The van der Waals surface area contributed by atoms with E-state index in [4.69, 9.17) is 9.84 Å². The van der Waals surface area contributed by atoms with Crippen molar-refractivity contribution in [1.82, 2.24) is 14.5 Å². The highest BCUT2D eigenvalue weighted by Gasteiger charge is 2.34. The van der Waals surface area contributed by atoms with E-state index >= 15 is 0 Å². The van der Waals surface area contributed by atoms with Crippen LogP contribution in [-0.4, -0.2) is 58.2 Å².